The van der Waals surface area contributed by atoms with Crippen LogP contribution in [0.5, 0.6) is 0 Å². The predicted molar refractivity (Wildman–Crippen MR) is 78.9 cm³/mol. The summed E-state index contributed by atoms with van der Waals surface area (Å²) in [7, 11) is 2.16. The molecule has 1 aliphatic heterocycles. The Labute approximate surface area is 114 Å². The molecule has 1 fully saturated rings. The molecule has 0 radical (unpaired) electrons. The summed E-state index contributed by atoms with van der Waals surface area (Å²) < 4.78 is 0. The van der Waals surface area contributed by atoms with E-state index >= 15 is 0 Å². The van der Waals surface area contributed by atoms with Gasteiger partial charge in [0.15, 0.2) is 0 Å². The van der Waals surface area contributed by atoms with Crippen LogP contribution in [0.4, 0.5) is 0 Å². The molecule has 1 heterocycles. The van der Waals surface area contributed by atoms with Crippen molar-refractivity contribution < 1.29 is 5.11 Å². The van der Waals surface area contributed by atoms with Gasteiger partial charge in [-0.1, -0.05) is 51.9 Å². The summed E-state index contributed by atoms with van der Waals surface area (Å²) in [5, 5.41) is 10.6. The Balaban J connectivity index is 2.07. The van der Waals surface area contributed by atoms with Crippen LogP contribution in [-0.4, -0.2) is 35.2 Å². The molecule has 1 saturated heterocycles. The summed E-state index contributed by atoms with van der Waals surface area (Å²) >= 11 is 0. The van der Waals surface area contributed by atoms with Crippen LogP contribution in [0, 0.1) is 0 Å². The van der Waals surface area contributed by atoms with Gasteiger partial charge in [0, 0.05) is 12.6 Å². The van der Waals surface area contributed by atoms with Gasteiger partial charge >= 0.3 is 0 Å². The van der Waals surface area contributed by atoms with Crippen molar-refractivity contribution in [3.05, 3.63) is 0 Å². The minimum Gasteiger partial charge on any atom is -0.390 e. The number of likely N-dealkylation sites (tertiary alicyclic amines) is 1. The normalized spacial score (nSPS) is 29.7. The monoisotopic (exact) mass is 255 g/mol. The average Bonchev–Trinajstić information content (AvgIpc) is 2.33. The lowest BCUT2D eigenvalue weighted by atomic mass is 9.83. The highest BCUT2D eigenvalue weighted by atomic mass is 16.3. The molecule has 0 aromatic heterocycles. The standard InChI is InChI=1S/C16H33NO/c1-4-5-6-7-8-9-10-11-16(18)12-13-17(3)15(2)14-16/h15,18H,4-14H2,1-3H3. The molecule has 108 valence electrons. The molecule has 2 nitrogen and oxygen atoms in total. The second-order valence-electron chi connectivity index (χ2n) is 6.38. The first-order valence-corrected chi connectivity index (χ1v) is 8.00. The first-order valence-electron chi connectivity index (χ1n) is 8.00. The van der Waals surface area contributed by atoms with Crippen molar-refractivity contribution in [2.45, 2.75) is 89.7 Å². The van der Waals surface area contributed by atoms with Crippen LogP contribution < -0.4 is 0 Å². The molecule has 0 saturated carbocycles. The fourth-order valence-electron chi connectivity index (χ4n) is 3.05. The number of rotatable bonds is 8. The summed E-state index contributed by atoms with van der Waals surface area (Å²) in [6, 6.07) is 0.535. The van der Waals surface area contributed by atoms with Gasteiger partial charge in [0.05, 0.1) is 5.60 Å². The van der Waals surface area contributed by atoms with Crippen molar-refractivity contribution in [3.8, 4) is 0 Å². The Morgan fingerprint density at radius 2 is 1.72 bits per heavy atom. The average molecular weight is 255 g/mol. The molecule has 1 rings (SSSR count). The predicted octanol–water partition coefficient (Wildman–Crippen LogP) is 3.97. The molecule has 1 aliphatic rings. The van der Waals surface area contributed by atoms with Crippen molar-refractivity contribution in [2.75, 3.05) is 13.6 Å². The van der Waals surface area contributed by atoms with Crippen LogP contribution in [0.3, 0.4) is 0 Å². The minimum atomic E-state index is -0.366. The van der Waals surface area contributed by atoms with Gasteiger partial charge in [-0.05, 0) is 33.2 Å². The van der Waals surface area contributed by atoms with Crippen molar-refractivity contribution >= 4 is 0 Å². The lowest BCUT2D eigenvalue weighted by molar-refractivity contribution is -0.0434. The van der Waals surface area contributed by atoms with Gasteiger partial charge in [0.2, 0.25) is 0 Å². The largest absolute Gasteiger partial charge is 0.390 e. The van der Waals surface area contributed by atoms with E-state index in [0.29, 0.717) is 6.04 Å². The topological polar surface area (TPSA) is 23.5 Å². The third kappa shape index (κ3) is 5.71. The summed E-state index contributed by atoms with van der Waals surface area (Å²) in [5.74, 6) is 0. The van der Waals surface area contributed by atoms with Gasteiger partial charge in [-0.2, -0.15) is 0 Å². The Hall–Kier alpha value is -0.0800. The molecule has 2 atom stereocenters. The Morgan fingerprint density at radius 1 is 1.11 bits per heavy atom. The van der Waals surface area contributed by atoms with E-state index in [9.17, 15) is 5.11 Å². The van der Waals surface area contributed by atoms with Crippen molar-refractivity contribution in [1.29, 1.82) is 0 Å². The van der Waals surface area contributed by atoms with Crippen LogP contribution >= 0.6 is 0 Å². The van der Waals surface area contributed by atoms with Crippen LogP contribution in [0.15, 0.2) is 0 Å². The quantitative estimate of drug-likeness (QED) is 0.663. The van der Waals surface area contributed by atoms with Crippen molar-refractivity contribution in [3.63, 3.8) is 0 Å². The van der Waals surface area contributed by atoms with Gasteiger partial charge in [-0.25, -0.2) is 0 Å². The van der Waals surface area contributed by atoms with Gasteiger partial charge in [-0.3, -0.25) is 0 Å². The van der Waals surface area contributed by atoms with Gasteiger partial charge in [0.1, 0.15) is 0 Å². The number of hydrogen-bond acceptors (Lipinski definition) is 2. The summed E-state index contributed by atoms with van der Waals surface area (Å²) in [6.45, 7) is 5.54. The second kappa shape index (κ2) is 8.16. The molecule has 2 unspecified atom stereocenters. The third-order valence-corrected chi connectivity index (χ3v) is 4.60. The molecule has 0 bridgehead atoms. The smallest absolute Gasteiger partial charge is 0.0674 e. The zero-order valence-corrected chi connectivity index (χ0v) is 12.7. The lowest BCUT2D eigenvalue weighted by Crippen LogP contribution is -2.47. The van der Waals surface area contributed by atoms with E-state index < -0.39 is 0 Å². The van der Waals surface area contributed by atoms with Gasteiger partial charge in [0.25, 0.3) is 0 Å². The molecule has 0 aliphatic carbocycles. The number of aliphatic hydroxyl groups is 1. The molecule has 0 aromatic rings. The number of unbranched alkanes of at least 4 members (excludes halogenated alkanes) is 6. The second-order valence-corrected chi connectivity index (χ2v) is 6.38. The lowest BCUT2D eigenvalue weighted by Gasteiger charge is -2.41. The highest BCUT2D eigenvalue weighted by Gasteiger charge is 2.34. The summed E-state index contributed by atoms with van der Waals surface area (Å²) in [5.41, 5.74) is -0.366. The highest BCUT2D eigenvalue weighted by Crippen LogP contribution is 2.30. The summed E-state index contributed by atoms with van der Waals surface area (Å²) in [6.07, 6.45) is 12.3. The van der Waals surface area contributed by atoms with Crippen LogP contribution in [0.1, 0.15) is 78.1 Å². The van der Waals surface area contributed by atoms with Crippen molar-refractivity contribution in [2.24, 2.45) is 0 Å². The first kappa shape index (κ1) is 16.0. The maximum absolute atomic E-state index is 10.6. The zero-order chi connectivity index (χ0) is 13.4. The Morgan fingerprint density at radius 3 is 2.33 bits per heavy atom. The van der Waals surface area contributed by atoms with E-state index in [0.717, 1.165) is 25.8 Å². The number of nitrogens with zero attached hydrogens (tertiary/aromatic N) is 1. The minimum absolute atomic E-state index is 0.366. The first-order chi connectivity index (χ1) is 8.57. The maximum atomic E-state index is 10.6. The number of hydrogen-bond donors (Lipinski definition) is 1. The van der Waals surface area contributed by atoms with E-state index in [2.05, 4.69) is 25.8 Å². The molecule has 0 spiro atoms. The Bertz CT molecular complexity index is 219. The van der Waals surface area contributed by atoms with Gasteiger partial charge < -0.3 is 10.0 Å². The third-order valence-electron chi connectivity index (χ3n) is 4.60. The molecular weight excluding hydrogens is 222 g/mol. The molecule has 2 heteroatoms. The Kier molecular flexibility index (Phi) is 7.25. The van der Waals surface area contributed by atoms with Crippen LogP contribution in [-0.2, 0) is 0 Å². The van der Waals surface area contributed by atoms with E-state index in [-0.39, 0.29) is 5.60 Å². The zero-order valence-electron chi connectivity index (χ0n) is 12.7. The molecule has 0 amide bonds. The summed E-state index contributed by atoms with van der Waals surface area (Å²) in [4.78, 5) is 2.36. The SMILES string of the molecule is CCCCCCCCCC1(O)CCN(C)C(C)C1. The molecule has 0 aromatic carbocycles. The fraction of sp³-hybridized carbons (Fsp3) is 1.00. The van der Waals surface area contributed by atoms with E-state index in [1.54, 1.807) is 0 Å². The number of piperidine rings is 1. The molecule has 1 N–H and O–H groups in total. The van der Waals surface area contributed by atoms with Gasteiger partial charge in [-0.15, -0.1) is 0 Å². The van der Waals surface area contributed by atoms with E-state index in [4.69, 9.17) is 0 Å². The van der Waals surface area contributed by atoms with Crippen LogP contribution in [0.25, 0.3) is 0 Å². The molecular formula is C16H33NO. The van der Waals surface area contributed by atoms with Crippen LogP contribution in [0.2, 0.25) is 0 Å². The maximum Gasteiger partial charge on any atom is 0.0674 e. The van der Waals surface area contributed by atoms with Crippen molar-refractivity contribution in [1.82, 2.24) is 4.90 Å². The highest BCUT2D eigenvalue weighted by molar-refractivity contribution is 4.88. The fourth-order valence-corrected chi connectivity index (χ4v) is 3.05. The van der Waals surface area contributed by atoms with E-state index in [1.807, 2.05) is 0 Å². The van der Waals surface area contributed by atoms with E-state index in [1.165, 1.54) is 44.9 Å². The molecule has 18 heavy (non-hydrogen) atoms.